The van der Waals surface area contributed by atoms with E-state index in [1.165, 1.54) is 0 Å². The van der Waals surface area contributed by atoms with Gasteiger partial charge in [0.25, 0.3) is 5.91 Å². The number of hydrogen-bond donors (Lipinski definition) is 1. The van der Waals surface area contributed by atoms with Gasteiger partial charge in [0, 0.05) is 29.8 Å². The van der Waals surface area contributed by atoms with Crippen molar-refractivity contribution in [2.24, 2.45) is 0 Å². The number of anilines is 1. The van der Waals surface area contributed by atoms with Gasteiger partial charge in [-0.2, -0.15) is 0 Å². The second kappa shape index (κ2) is 7.52. The third kappa shape index (κ3) is 3.86. The number of imidazole rings is 1. The lowest BCUT2D eigenvalue weighted by Gasteiger charge is -2.15. The zero-order valence-corrected chi connectivity index (χ0v) is 15.7. The van der Waals surface area contributed by atoms with Crippen LogP contribution < -0.4 is 10.1 Å². The molecule has 0 spiro atoms. The minimum Gasteiger partial charge on any atom is -0.481 e. The molecule has 0 fully saturated rings. The zero-order chi connectivity index (χ0) is 19.5. The van der Waals surface area contributed by atoms with Crippen LogP contribution in [0.25, 0.3) is 17.0 Å². The lowest BCUT2D eigenvalue weighted by Crippen LogP contribution is -2.30. The van der Waals surface area contributed by atoms with E-state index in [9.17, 15) is 4.79 Å². The lowest BCUT2D eigenvalue weighted by molar-refractivity contribution is -0.122. The Kier molecular flexibility index (Phi) is 4.76. The van der Waals surface area contributed by atoms with Crippen molar-refractivity contribution in [1.82, 2.24) is 14.4 Å². The summed E-state index contributed by atoms with van der Waals surface area (Å²) in [6.45, 7) is 3.74. The van der Waals surface area contributed by atoms with Crippen molar-refractivity contribution < 1.29 is 9.53 Å². The number of carbonyl (C=O) groups is 1. The van der Waals surface area contributed by atoms with Crippen LogP contribution >= 0.6 is 0 Å². The number of aryl methyl sites for hydroxylation is 1. The molecule has 0 saturated heterocycles. The predicted octanol–water partition coefficient (Wildman–Crippen LogP) is 4.11. The van der Waals surface area contributed by atoms with Crippen LogP contribution in [0.2, 0.25) is 0 Å². The van der Waals surface area contributed by atoms with E-state index >= 15 is 0 Å². The number of fused-ring (bicyclic) bond motifs is 1. The average Bonchev–Trinajstić information content (AvgIpc) is 3.14. The Morgan fingerprint density at radius 1 is 1.11 bits per heavy atom. The van der Waals surface area contributed by atoms with Gasteiger partial charge in [-0.1, -0.05) is 29.8 Å². The Balaban J connectivity index is 1.42. The first-order chi connectivity index (χ1) is 13.6. The van der Waals surface area contributed by atoms with Gasteiger partial charge in [0.2, 0.25) is 5.78 Å². The number of nitrogens with zero attached hydrogens (tertiary/aromatic N) is 3. The number of amides is 1. The maximum absolute atomic E-state index is 12.4. The number of aromatic nitrogens is 3. The van der Waals surface area contributed by atoms with Crippen LogP contribution in [-0.2, 0) is 4.79 Å². The fourth-order valence-corrected chi connectivity index (χ4v) is 2.81. The van der Waals surface area contributed by atoms with E-state index in [0.29, 0.717) is 17.2 Å². The van der Waals surface area contributed by atoms with Crippen molar-refractivity contribution in [2.75, 3.05) is 5.32 Å². The quantitative estimate of drug-likeness (QED) is 0.572. The van der Waals surface area contributed by atoms with Crippen LogP contribution in [0.3, 0.4) is 0 Å². The van der Waals surface area contributed by atoms with E-state index in [-0.39, 0.29) is 5.91 Å². The van der Waals surface area contributed by atoms with Gasteiger partial charge < -0.3 is 10.1 Å². The summed E-state index contributed by atoms with van der Waals surface area (Å²) in [4.78, 5) is 21.1. The molecule has 1 N–H and O–H groups in total. The summed E-state index contributed by atoms with van der Waals surface area (Å²) in [6, 6.07) is 17.0. The molecule has 0 aliphatic rings. The molecular formula is C22H20N4O2. The highest BCUT2D eigenvalue weighted by Gasteiger charge is 2.15. The number of rotatable bonds is 5. The molecule has 0 saturated carbocycles. The molecule has 0 radical (unpaired) electrons. The topological polar surface area (TPSA) is 68.5 Å². The molecule has 28 heavy (non-hydrogen) atoms. The standard InChI is InChI=1S/C22H20N4O2/c1-15-4-10-19(11-5-15)28-16(2)21(27)24-18-8-6-17(7-9-18)20-14-26-13-3-12-23-22(26)25-20/h3-14,16H,1-2H3,(H,24,27). The Hall–Kier alpha value is -3.67. The first kappa shape index (κ1) is 17.7. The minimum atomic E-state index is -0.605. The largest absolute Gasteiger partial charge is 0.481 e. The first-order valence-corrected chi connectivity index (χ1v) is 9.03. The van der Waals surface area contributed by atoms with E-state index < -0.39 is 6.10 Å². The monoisotopic (exact) mass is 372 g/mol. The summed E-state index contributed by atoms with van der Waals surface area (Å²) >= 11 is 0. The van der Waals surface area contributed by atoms with E-state index in [4.69, 9.17) is 4.74 Å². The number of hydrogen-bond acceptors (Lipinski definition) is 4. The summed E-state index contributed by atoms with van der Waals surface area (Å²) < 4.78 is 7.57. The Morgan fingerprint density at radius 2 is 1.86 bits per heavy atom. The molecule has 0 aliphatic heterocycles. The maximum Gasteiger partial charge on any atom is 0.265 e. The van der Waals surface area contributed by atoms with Crippen LogP contribution in [0, 0.1) is 6.92 Å². The molecule has 4 rings (SSSR count). The Morgan fingerprint density at radius 3 is 2.57 bits per heavy atom. The van der Waals surface area contributed by atoms with Crippen LogP contribution in [0.5, 0.6) is 5.75 Å². The van der Waals surface area contributed by atoms with Gasteiger partial charge in [-0.25, -0.2) is 9.97 Å². The number of benzene rings is 2. The van der Waals surface area contributed by atoms with Gasteiger partial charge >= 0.3 is 0 Å². The van der Waals surface area contributed by atoms with Crippen LogP contribution in [0.1, 0.15) is 12.5 Å². The van der Waals surface area contributed by atoms with Crippen molar-refractivity contribution in [3.05, 3.63) is 78.8 Å². The number of ether oxygens (including phenoxy) is 1. The van der Waals surface area contributed by atoms with Gasteiger partial charge in [-0.15, -0.1) is 0 Å². The van der Waals surface area contributed by atoms with Gasteiger partial charge in [-0.05, 0) is 44.2 Å². The summed E-state index contributed by atoms with van der Waals surface area (Å²) in [5.74, 6) is 1.12. The van der Waals surface area contributed by atoms with Gasteiger partial charge in [0.15, 0.2) is 6.10 Å². The second-order valence-corrected chi connectivity index (χ2v) is 6.59. The molecule has 0 bridgehead atoms. The van der Waals surface area contributed by atoms with E-state index in [1.54, 1.807) is 13.1 Å². The lowest BCUT2D eigenvalue weighted by atomic mass is 10.1. The highest BCUT2D eigenvalue weighted by atomic mass is 16.5. The molecule has 1 amide bonds. The third-order valence-corrected chi connectivity index (χ3v) is 4.39. The molecule has 1 unspecified atom stereocenters. The van der Waals surface area contributed by atoms with Gasteiger partial charge in [0.05, 0.1) is 5.69 Å². The van der Waals surface area contributed by atoms with E-state index in [0.717, 1.165) is 16.8 Å². The molecular weight excluding hydrogens is 352 g/mol. The molecule has 6 heteroatoms. The molecule has 2 aromatic heterocycles. The van der Waals surface area contributed by atoms with Crippen molar-refractivity contribution in [1.29, 1.82) is 0 Å². The predicted molar refractivity (Wildman–Crippen MR) is 108 cm³/mol. The van der Waals surface area contributed by atoms with E-state index in [1.807, 2.05) is 78.3 Å². The Bertz CT molecular complexity index is 1070. The summed E-state index contributed by atoms with van der Waals surface area (Å²) in [6.07, 6.45) is 4.94. The van der Waals surface area contributed by atoms with Crippen molar-refractivity contribution in [3.63, 3.8) is 0 Å². The van der Waals surface area contributed by atoms with Gasteiger partial charge in [-0.3, -0.25) is 9.20 Å². The molecule has 4 aromatic rings. The SMILES string of the molecule is Cc1ccc(OC(C)C(=O)Nc2ccc(-c3cn4cccnc4n3)cc2)cc1. The second-order valence-electron chi connectivity index (χ2n) is 6.59. The fourth-order valence-electron chi connectivity index (χ4n) is 2.81. The molecule has 140 valence electrons. The summed E-state index contributed by atoms with van der Waals surface area (Å²) in [7, 11) is 0. The first-order valence-electron chi connectivity index (χ1n) is 9.03. The minimum absolute atomic E-state index is 0.203. The summed E-state index contributed by atoms with van der Waals surface area (Å²) in [5, 5.41) is 2.88. The fraction of sp³-hybridized carbons (Fsp3) is 0.136. The van der Waals surface area contributed by atoms with Crippen molar-refractivity contribution in [2.45, 2.75) is 20.0 Å². The third-order valence-electron chi connectivity index (χ3n) is 4.39. The van der Waals surface area contributed by atoms with Crippen LogP contribution in [-0.4, -0.2) is 26.4 Å². The molecule has 6 nitrogen and oxygen atoms in total. The normalized spacial score (nSPS) is 11.9. The van der Waals surface area contributed by atoms with Crippen molar-refractivity contribution in [3.8, 4) is 17.0 Å². The zero-order valence-electron chi connectivity index (χ0n) is 15.7. The Labute approximate surface area is 162 Å². The number of carbonyl (C=O) groups excluding carboxylic acids is 1. The van der Waals surface area contributed by atoms with Gasteiger partial charge in [0.1, 0.15) is 5.75 Å². The molecule has 2 aromatic carbocycles. The van der Waals surface area contributed by atoms with Crippen LogP contribution in [0.4, 0.5) is 5.69 Å². The van der Waals surface area contributed by atoms with E-state index in [2.05, 4.69) is 15.3 Å². The maximum atomic E-state index is 12.4. The molecule has 2 heterocycles. The highest BCUT2D eigenvalue weighted by Crippen LogP contribution is 2.21. The highest BCUT2D eigenvalue weighted by molar-refractivity contribution is 5.94. The van der Waals surface area contributed by atoms with Crippen molar-refractivity contribution >= 4 is 17.4 Å². The average molecular weight is 372 g/mol. The number of nitrogens with one attached hydrogen (secondary N) is 1. The molecule has 0 aliphatic carbocycles. The smallest absolute Gasteiger partial charge is 0.265 e. The molecule has 1 atom stereocenters. The van der Waals surface area contributed by atoms with Crippen LogP contribution in [0.15, 0.2) is 73.2 Å². The summed E-state index contributed by atoms with van der Waals surface area (Å²) in [5.41, 5.74) is 3.63.